The van der Waals surface area contributed by atoms with Crippen molar-refractivity contribution in [1.82, 2.24) is 0 Å². The molecule has 0 unspecified atom stereocenters. The predicted octanol–water partition coefficient (Wildman–Crippen LogP) is 6.37. The minimum Gasteiger partial charge on any atom is -0.0622 e. The zero-order chi connectivity index (χ0) is 21.6. The third-order valence-corrected chi connectivity index (χ3v) is 5.95. The number of hydrogen-bond donors (Lipinski definition) is 0. The lowest BCUT2D eigenvalue weighted by Crippen LogP contribution is -2.02. The summed E-state index contributed by atoms with van der Waals surface area (Å²) < 4.78 is 0. The maximum atomic E-state index is 3.44. The first-order valence-corrected chi connectivity index (χ1v) is 11.2. The number of aryl methyl sites for hydroxylation is 4. The van der Waals surface area contributed by atoms with E-state index < -0.39 is 0 Å². The van der Waals surface area contributed by atoms with Gasteiger partial charge in [0, 0.05) is 22.3 Å². The number of hydrogen-bond acceptors (Lipinski definition) is 0. The van der Waals surface area contributed by atoms with Crippen molar-refractivity contribution in [2.45, 2.75) is 25.7 Å². The standard InChI is InChI=1S/C32H24/c1-3-7-25(8-4-1)11-21-31-23-27-13-17-29(31)19-15-28-14-18-30(20-16-27)32(24-28)22-12-26-9-5-2-6-10-26/h1-10,13-14,17-18,23-24H,15-16,19-20H2. The maximum Gasteiger partial charge on any atom is 0.0283 e. The highest BCUT2D eigenvalue weighted by molar-refractivity contribution is 5.51. The highest BCUT2D eigenvalue weighted by Crippen LogP contribution is 2.21. The molecule has 0 heterocycles. The van der Waals surface area contributed by atoms with E-state index in [2.05, 4.69) is 84.3 Å². The van der Waals surface area contributed by atoms with E-state index in [9.17, 15) is 0 Å². The van der Waals surface area contributed by atoms with E-state index in [1.807, 2.05) is 36.4 Å². The monoisotopic (exact) mass is 408 g/mol. The van der Waals surface area contributed by atoms with Crippen molar-refractivity contribution in [3.8, 4) is 23.7 Å². The number of rotatable bonds is 0. The van der Waals surface area contributed by atoms with Crippen LogP contribution in [0, 0.1) is 23.7 Å². The fourth-order valence-electron chi connectivity index (χ4n) is 4.11. The van der Waals surface area contributed by atoms with E-state index in [1.165, 1.54) is 22.3 Å². The van der Waals surface area contributed by atoms with Gasteiger partial charge >= 0.3 is 0 Å². The lowest BCUT2D eigenvalue weighted by Gasteiger charge is -2.13. The van der Waals surface area contributed by atoms with Crippen molar-refractivity contribution in [3.63, 3.8) is 0 Å². The van der Waals surface area contributed by atoms with Gasteiger partial charge in [0.1, 0.15) is 0 Å². The molecule has 4 aliphatic rings. The molecule has 0 spiro atoms. The normalized spacial score (nSPS) is 12.0. The maximum absolute atomic E-state index is 3.44. The third-order valence-electron chi connectivity index (χ3n) is 5.95. The Morgan fingerprint density at radius 3 is 1.28 bits per heavy atom. The zero-order valence-corrected chi connectivity index (χ0v) is 18.1. The molecule has 0 heteroatoms. The van der Waals surface area contributed by atoms with Crippen LogP contribution in [0.4, 0.5) is 0 Å². The van der Waals surface area contributed by atoms with E-state index in [-0.39, 0.29) is 0 Å². The predicted molar refractivity (Wildman–Crippen MR) is 133 cm³/mol. The fourth-order valence-corrected chi connectivity index (χ4v) is 4.11. The summed E-state index contributed by atoms with van der Waals surface area (Å²) in [6, 6.07) is 34.1. The van der Waals surface area contributed by atoms with Crippen LogP contribution in [0.3, 0.4) is 0 Å². The molecule has 152 valence electrons. The van der Waals surface area contributed by atoms with Gasteiger partial charge in [-0.2, -0.15) is 0 Å². The molecule has 8 rings (SSSR count). The summed E-state index contributed by atoms with van der Waals surface area (Å²) in [5, 5.41) is 0. The highest BCUT2D eigenvalue weighted by atomic mass is 14.1. The molecule has 0 aromatic heterocycles. The summed E-state index contributed by atoms with van der Waals surface area (Å²) in [5.74, 6) is 13.6. The second-order valence-corrected chi connectivity index (χ2v) is 8.22. The van der Waals surface area contributed by atoms with E-state index in [0.717, 1.165) is 47.9 Å². The van der Waals surface area contributed by atoms with E-state index in [0.29, 0.717) is 0 Å². The Kier molecular flexibility index (Phi) is 5.87. The van der Waals surface area contributed by atoms with Crippen LogP contribution in [0.1, 0.15) is 44.5 Å². The quantitative estimate of drug-likeness (QED) is 0.297. The van der Waals surface area contributed by atoms with Crippen molar-refractivity contribution < 1.29 is 0 Å². The molecular formula is C32H24. The van der Waals surface area contributed by atoms with Gasteiger partial charge in [-0.15, -0.1) is 0 Å². The van der Waals surface area contributed by atoms with E-state index in [4.69, 9.17) is 0 Å². The molecule has 0 aliphatic heterocycles. The van der Waals surface area contributed by atoms with E-state index >= 15 is 0 Å². The van der Waals surface area contributed by atoms with Crippen molar-refractivity contribution >= 4 is 0 Å². The van der Waals surface area contributed by atoms with Gasteiger partial charge in [0.25, 0.3) is 0 Å². The molecule has 4 aromatic carbocycles. The van der Waals surface area contributed by atoms with Gasteiger partial charge in [0.05, 0.1) is 0 Å². The Labute approximate surface area is 191 Å². The molecule has 0 fully saturated rings. The van der Waals surface area contributed by atoms with Crippen LogP contribution in [0.15, 0.2) is 97.1 Å². The average molecular weight is 409 g/mol. The summed E-state index contributed by atoms with van der Waals surface area (Å²) in [4.78, 5) is 0. The molecule has 0 N–H and O–H groups in total. The first kappa shape index (κ1) is 19.9. The smallest absolute Gasteiger partial charge is 0.0283 e. The van der Waals surface area contributed by atoms with Crippen molar-refractivity contribution in [1.29, 1.82) is 0 Å². The topological polar surface area (TPSA) is 0 Å². The van der Waals surface area contributed by atoms with Crippen molar-refractivity contribution in [3.05, 3.63) is 142 Å². The Morgan fingerprint density at radius 2 is 0.844 bits per heavy atom. The van der Waals surface area contributed by atoms with Crippen molar-refractivity contribution in [2.75, 3.05) is 0 Å². The van der Waals surface area contributed by atoms with Gasteiger partial charge in [-0.1, -0.05) is 84.3 Å². The summed E-state index contributed by atoms with van der Waals surface area (Å²) in [6.45, 7) is 0. The van der Waals surface area contributed by atoms with Crippen molar-refractivity contribution in [2.24, 2.45) is 0 Å². The Balaban J connectivity index is 1.46. The molecule has 4 aromatic rings. The van der Waals surface area contributed by atoms with Crippen LogP contribution in [-0.2, 0) is 25.7 Å². The fraction of sp³-hybridized carbons (Fsp3) is 0.125. The summed E-state index contributed by atoms with van der Waals surface area (Å²) in [6.07, 6.45) is 3.92. The summed E-state index contributed by atoms with van der Waals surface area (Å²) in [5.41, 5.74) is 9.73. The van der Waals surface area contributed by atoms with Gasteiger partial charge in [-0.05, 0) is 84.3 Å². The Morgan fingerprint density at radius 1 is 0.406 bits per heavy atom. The van der Waals surface area contributed by atoms with Gasteiger partial charge in [0.15, 0.2) is 0 Å². The molecule has 4 bridgehead atoms. The second-order valence-electron chi connectivity index (χ2n) is 8.22. The average Bonchev–Trinajstić information content (AvgIpc) is 2.84. The molecular weight excluding hydrogens is 384 g/mol. The first-order valence-electron chi connectivity index (χ1n) is 11.2. The molecule has 0 saturated carbocycles. The van der Waals surface area contributed by atoms with Crippen LogP contribution in [0.25, 0.3) is 0 Å². The Hall–Kier alpha value is -4.00. The first-order chi connectivity index (χ1) is 15.8. The molecule has 0 saturated heterocycles. The summed E-state index contributed by atoms with van der Waals surface area (Å²) >= 11 is 0. The minimum absolute atomic E-state index is 0.976. The number of benzene rings is 4. The van der Waals surface area contributed by atoms with Crippen LogP contribution in [0.5, 0.6) is 0 Å². The SMILES string of the molecule is C(#Cc1cc2ccc1CCc1ccc(c(C#Cc3ccccc3)c1)CC2)c1ccccc1. The molecule has 0 atom stereocenters. The molecule has 4 aliphatic carbocycles. The van der Waals surface area contributed by atoms with Crippen LogP contribution < -0.4 is 0 Å². The van der Waals surface area contributed by atoms with Crippen LogP contribution >= 0.6 is 0 Å². The molecule has 32 heavy (non-hydrogen) atoms. The molecule has 0 amide bonds. The zero-order valence-electron chi connectivity index (χ0n) is 18.1. The van der Waals surface area contributed by atoms with Gasteiger partial charge in [0.2, 0.25) is 0 Å². The van der Waals surface area contributed by atoms with Gasteiger partial charge in [-0.25, -0.2) is 0 Å². The van der Waals surface area contributed by atoms with Crippen LogP contribution in [-0.4, -0.2) is 0 Å². The van der Waals surface area contributed by atoms with E-state index in [1.54, 1.807) is 0 Å². The Bertz CT molecular complexity index is 1240. The molecule has 0 radical (unpaired) electrons. The second kappa shape index (κ2) is 9.43. The van der Waals surface area contributed by atoms with Gasteiger partial charge in [-0.3, -0.25) is 0 Å². The lowest BCUT2D eigenvalue weighted by molar-refractivity contribution is 0.916. The third kappa shape index (κ3) is 4.83. The minimum atomic E-state index is 0.976. The summed E-state index contributed by atoms with van der Waals surface area (Å²) in [7, 11) is 0. The van der Waals surface area contributed by atoms with Crippen LogP contribution in [0.2, 0.25) is 0 Å². The van der Waals surface area contributed by atoms with Gasteiger partial charge < -0.3 is 0 Å². The highest BCUT2D eigenvalue weighted by Gasteiger charge is 2.09. The lowest BCUT2D eigenvalue weighted by atomic mass is 9.91. The molecule has 0 nitrogen and oxygen atoms in total. The largest absolute Gasteiger partial charge is 0.0622 e.